The maximum Gasteiger partial charge on any atom is 0.280 e. The predicted octanol–water partition coefficient (Wildman–Crippen LogP) is 4.13. The summed E-state index contributed by atoms with van der Waals surface area (Å²) in [5.41, 5.74) is 0.215. The van der Waals surface area contributed by atoms with Crippen molar-refractivity contribution in [1.29, 1.82) is 0 Å². The lowest BCUT2D eigenvalue weighted by Crippen LogP contribution is -1.97. The van der Waals surface area contributed by atoms with Gasteiger partial charge in [-0.15, -0.1) is 11.6 Å². The van der Waals surface area contributed by atoms with Crippen molar-refractivity contribution in [3.63, 3.8) is 0 Å². The van der Waals surface area contributed by atoms with Crippen LogP contribution in [0.5, 0.6) is 0 Å². The standard InChI is InChI=1S/C7H4BrClF2IN/c8-6-3(12)1-4(7(10)11)13-5(6)2-9/h1,7H,2H2. The highest BCUT2D eigenvalue weighted by Gasteiger charge is 2.14. The van der Waals surface area contributed by atoms with Crippen molar-refractivity contribution < 1.29 is 8.78 Å². The number of aromatic nitrogens is 1. The van der Waals surface area contributed by atoms with E-state index in [9.17, 15) is 8.78 Å². The fourth-order valence-corrected chi connectivity index (χ4v) is 2.10. The molecule has 1 rings (SSSR count). The fourth-order valence-electron chi connectivity index (χ4n) is 0.769. The Morgan fingerprint density at radius 1 is 1.62 bits per heavy atom. The molecule has 6 heteroatoms. The maximum atomic E-state index is 12.3. The minimum Gasteiger partial charge on any atom is -0.249 e. The van der Waals surface area contributed by atoms with Crippen molar-refractivity contribution in [2.24, 2.45) is 0 Å². The molecular formula is C7H4BrClF2IN. The summed E-state index contributed by atoms with van der Waals surface area (Å²) in [5, 5.41) is 0. The third-order valence-electron chi connectivity index (χ3n) is 1.35. The Morgan fingerprint density at radius 3 is 2.69 bits per heavy atom. The van der Waals surface area contributed by atoms with E-state index in [1.165, 1.54) is 6.07 Å². The summed E-state index contributed by atoms with van der Waals surface area (Å²) in [6, 6.07) is 1.34. The average Bonchev–Trinajstić information content (AvgIpc) is 2.09. The summed E-state index contributed by atoms with van der Waals surface area (Å²) in [4.78, 5) is 3.72. The number of alkyl halides is 3. The van der Waals surface area contributed by atoms with Gasteiger partial charge in [-0.05, 0) is 44.6 Å². The van der Waals surface area contributed by atoms with Crippen LogP contribution in [0.2, 0.25) is 0 Å². The quantitative estimate of drug-likeness (QED) is 0.554. The zero-order valence-corrected chi connectivity index (χ0v) is 10.7. The van der Waals surface area contributed by atoms with Gasteiger partial charge in [0.1, 0.15) is 5.69 Å². The molecule has 0 N–H and O–H groups in total. The van der Waals surface area contributed by atoms with Gasteiger partial charge in [-0.25, -0.2) is 13.8 Å². The van der Waals surface area contributed by atoms with Crippen molar-refractivity contribution in [2.75, 3.05) is 0 Å². The minimum absolute atomic E-state index is 0.122. The van der Waals surface area contributed by atoms with Crippen molar-refractivity contribution in [3.8, 4) is 0 Å². The van der Waals surface area contributed by atoms with Gasteiger partial charge in [-0.2, -0.15) is 0 Å². The number of pyridine rings is 1. The normalized spacial score (nSPS) is 10.9. The number of hydrogen-bond donors (Lipinski definition) is 0. The van der Waals surface area contributed by atoms with Crippen LogP contribution in [-0.4, -0.2) is 4.98 Å². The monoisotopic (exact) mass is 381 g/mol. The van der Waals surface area contributed by atoms with Crippen molar-refractivity contribution >= 4 is 50.1 Å². The van der Waals surface area contributed by atoms with E-state index >= 15 is 0 Å². The summed E-state index contributed by atoms with van der Waals surface area (Å²) in [6.45, 7) is 0. The van der Waals surface area contributed by atoms with E-state index in [0.29, 0.717) is 13.7 Å². The molecule has 0 unspecified atom stereocenters. The summed E-state index contributed by atoms with van der Waals surface area (Å²) in [7, 11) is 0. The molecule has 0 fully saturated rings. The average molecular weight is 382 g/mol. The van der Waals surface area contributed by atoms with Crippen LogP contribution in [0.25, 0.3) is 0 Å². The van der Waals surface area contributed by atoms with Crippen LogP contribution >= 0.6 is 50.1 Å². The molecule has 0 saturated carbocycles. The smallest absolute Gasteiger partial charge is 0.249 e. The summed E-state index contributed by atoms with van der Waals surface area (Å²) >= 11 is 10.7. The zero-order valence-electron chi connectivity index (χ0n) is 6.20. The van der Waals surface area contributed by atoms with Gasteiger partial charge in [0.05, 0.1) is 16.0 Å². The summed E-state index contributed by atoms with van der Waals surface area (Å²) < 4.78 is 25.9. The molecule has 1 aromatic heterocycles. The van der Waals surface area contributed by atoms with Gasteiger partial charge in [0.25, 0.3) is 6.43 Å². The minimum atomic E-state index is -2.55. The van der Waals surface area contributed by atoms with E-state index in [0.717, 1.165) is 0 Å². The van der Waals surface area contributed by atoms with Crippen LogP contribution in [0, 0.1) is 3.57 Å². The van der Waals surface area contributed by atoms with Crippen LogP contribution in [0.4, 0.5) is 8.78 Å². The molecule has 0 aliphatic heterocycles. The molecule has 0 spiro atoms. The third-order valence-corrected chi connectivity index (χ3v) is 4.08. The SMILES string of the molecule is FC(F)c1cc(I)c(Br)c(CCl)n1. The topological polar surface area (TPSA) is 12.9 Å². The van der Waals surface area contributed by atoms with Crippen LogP contribution in [0.15, 0.2) is 10.5 Å². The first kappa shape index (κ1) is 11.6. The molecule has 1 heterocycles. The Hall–Kier alpha value is 0.510. The molecule has 0 bridgehead atoms. The number of hydrogen-bond acceptors (Lipinski definition) is 1. The van der Waals surface area contributed by atoms with Gasteiger partial charge in [0.15, 0.2) is 0 Å². The van der Waals surface area contributed by atoms with E-state index in [-0.39, 0.29) is 11.6 Å². The second kappa shape index (κ2) is 4.84. The molecule has 72 valence electrons. The molecular weight excluding hydrogens is 378 g/mol. The molecule has 0 aromatic carbocycles. The first-order valence-electron chi connectivity index (χ1n) is 3.25. The van der Waals surface area contributed by atoms with E-state index in [4.69, 9.17) is 11.6 Å². The maximum absolute atomic E-state index is 12.3. The molecule has 0 aliphatic carbocycles. The molecule has 13 heavy (non-hydrogen) atoms. The molecule has 1 nitrogen and oxygen atoms in total. The van der Waals surface area contributed by atoms with E-state index in [1.807, 2.05) is 22.6 Å². The molecule has 0 saturated heterocycles. The van der Waals surface area contributed by atoms with E-state index in [2.05, 4.69) is 20.9 Å². The van der Waals surface area contributed by atoms with Crippen LogP contribution in [0.3, 0.4) is 0 Å². The molecule has 1 aromatic rings. The second-order valence-electron chi connectivity index (χ2n) is 2.22. The third kappa shape index (κ3) is 2.73. The first-order chi connectivity index (χ1) is 6.06. The predicted molar refractivity (Wildman–Crippen MR) is 59.2 cm³/mol. The fraction of sp³-hybridized carbons (Fsp3) is 0.286. The highest BCUT2D eigenvalue weighted by molar-refractivity contribution is 14.1. The van der Waals surface area contributed by atoms with Crippen molar-refractivity contribution in [2.45, 2.75) is 12.3 Å². The molecule has 0 radical (unpaired) electrons. The first-order valence-corrected chi connectivity index (χ1v) is 5.65. The van der Waals surface area contributed by atoms with Gasteiger partial charge in [-0.3, -0.25) is 0 Å². The number of rotatable bonds is 2. The summed E-state index contributed by atoms with van der Waals surface area (Å²) in [6.07, 6.45) is -2.55. The van der Waals surface area contributed by atoms with E-state index < -0.39 is 6.43 Å². The Morgan fingerprint density at radius 2 is 2.23 bits per heavy atom. The van der Waals surface area contributed by atoms with Crippen LogP contribution in [0.1, 0.15) is 17.8 Å². The van der Waals surface area contributed by atoms with Gasteiger partial charge in [0.2, 0.25) is 0 Å². The van der Waals surface area contributed by atoms with Crippen molar-refractivity contribution in [3.05, 3.63) is 25.5 Å². The van der Waals surface area contributed by atoms with Crippen LogP contribution < -0.4 is 0 Å². The highest BCUT2D eigenvalue weighted by atomic mass is 127. The number of nitrogens with zero attached hydrogens (tertiary/aromatic N) is 1. The Bertz CT molecular complexity index is 322. The van der Waals surface area contributed by atoms with Gasteiger partial charge < -0.3 is 0 Å². The Balaban J connectivity index is 3.22. The van der Waals surface area contributed by atoms with Crippen LogP contribution in [-0.2, 0) is 5.88 Å². The largest absolute Gasteiger partial charge is 0.280 e. The van der Waals surface area contributed by atoms with Gasteiger partial charge in [0, 0.05) is 3.57 Å². The lowest BCUT2D eigenvalue weighted by Gasteiger charge is -2.05. The number of halogens is 5. The Labute approximate surface area is 101 Å². The van der Waals surface area contributed by atoms with Crippen molar-refractivity contribution in [1.82, 2.24) is 4.98 Å². The molecule has 0 amide bonds. The van der Waals surface area contributed by atoms with Gasteiger partial charge in [-0.1, -0.05) is 0 Å². The molecule has 0 atom stereocenters. The second-order valence-corrected chi connectivity index (χ2v) is 4.45. The lowest BCUT2D eigenvalue weighted by molar-refractivity contribution is 0.145. The van der Waals surface area contributed by atoms with Gasteiger partial charge >= 0.3 is 0 Å². The zero-order chi connectivity index (χ0) is 10.0. The summed E-state index contributed by atoms with van der Waals surface area (Å²) in [5.74, 6) is 0.122. The highest BCUT2D eigenvalue weighted by Crippen LogP contribution is 2.27. The lowest BCUT2D eigenvalue weighted by atomic mass is 10.3. The van der Waals surface area contributed by atoms with E-state index in [1.54, 1.807) is 0 Å². The Kier molecular flexibility index (Phi) is 4.31. The molecule has 0 aliphatic rings.